The van der Waals surface area contributed by atoms with Gasteiger partial charge in [0.25, 0.3) is 0 Å². The standard InChI is InChI=1S/C18H31N3O3.C2HF3O2/c1-24-10-9-20-14-16(11-17(20)22)18(23)21-8-4-5-15(13-21)12-19-6-2-3-7-19;3-2(4,5)1(6)7/h15-16H,2-14H2,1H3;(H,6,7). The minimum absolute atomic E-state index is 0.0935. The van der Waals surface area contributed by atoms with Gasteiger partial charge in [0.1, 0.15) is 0 Å². The number of carboxylic acid groups (broad SMARTS) is 1. The first-order valence-electron chi connectivity index (χ1n) is 10.7. The number of carboxylic acids is 1. The molecular weight excluding hydrogens is 419 g/mol. The van der Waals surface area contributed by atoms with Gasteiger partial charge in [0.2, 0.25) is 11.8 Å². The van der Waals surface area contributed by atoms with Crippen molar-refractivity contribution in [2.75, 3.05) is 59.5 Å². The zero-order chi connectivity index (χ0) is 23.0. The Kier molecular flexibility index (Phi) is 9.54. The van der Waals surface area contributed by atoms with E-state index in [0.717, 1.165) is 26.1 Å². The number of hydrogen-bond donors (Lipinski definition) is 1. The quantitative estimate of drug-likeness (QED) is 0.658. The average molecular weight is 451 g/mol. The molecule has 3 aliphatic heterocycles. The molecule has 3 fully saturated rings. The van der Waals surface area contributed by atoms with Gasteiger partial charge in [-0.2, -0.15) is 13.2 Å². The van der Waals surface area contributed by atoms with Gasteiger partial charge in [-0.05, 0) is 44.7 Å². The van der Waals surface area contributed by atoms with E-state index in [0.29, 0.717) is 32.0 Å². The van der Waals surface area contributed by atoms with E-state index in [2.05, 4.69) is 4.90 Å². The molecule has 0 radical (unpaired) electrons. The number of nitrogens with zero attached hydrogens (tertiary/aromatic N) is 3. The average Bonchev–Trinajstić information content (AvgIpc) is 3.35. The lowest BCUT2D eigenvalue weighted by Crippen LogP contribution is -2.46. The van der Waals surface area contributed by atoms with Gasteiger partial charge < -0.3 is 24.5 Å². The molecule has 0 bridgehead atoms. The Labute approximate surface area is 180 Å². The molecule has 31 heavy (non-hydrogen) atoms. The molecule has 178 valence electrons. The minimum Gasteiger partial charge on any atom is -0.475 e. The maximum Gasteiger partial charge on any atom is 0.490 e. The summed E-state index contributed by atoms with van der Waals surface area (Å²) in [5.74, 6) is -2.03. The Morgan fingerprint density at radius 3 is 2.35 bits per heavy atom. The van der Waals surface area contributed by atoms with Crippen molar-refractivity contribution in [1.29, 1.82) is 0 Å². The molecule has 3 aliphatic rings. The summed E-state index contributed by atoms with van der Waals surface area (Å²) in [4.78, 5) is 40.2. The molecule has 8 nitrogen and oxygen atoms in total. The number of carbonyl (C=O) groups excluding carboxylic acids is 2. The monoisotopic (exact) mass is 451 g/mol. The summed E-state index contributed by atoms with van der Waals surface area (Å²) in [6, 6.07) is 0. The van der Waals surface area contributed by atoms with Gasteiger partial charge in [-0.3, -0.25) is 9.59 Å². The van der Waals surface area contributed by atoms with Crippen molar-refractivity contribution in [3.8, 4) is 0 Å². The number of likely N-dealkylation sites (tertiary alicyclic amines) is 3. The van der Waals surface area contributed by atoms with Crippen LogP contribution >= 0.6 is 0 Å². The number of rotatable bonds is 6. The Morgan fingerprint density at radius 1 is 1.13 bits per heavy atom. The van der Waals surface area contributed by atoms with E-state index in [-0.39, 0.29) is 17.7 Å². The highest BCUT2D eigenvalue weighted by molar-refractivity contribution is 5.89. The molecule has 0 spiro atoms. The van der Waals surface area contributed by atoms with Crippen molar-refractivity contribution < 1.29 is 37.4 Å². The lowest BCUT2D eigenvalue weighted by atomic mass is 9.95. The van der Waals surface area contributed by atoms with Crippen molar-refractivity contribution in [2.24, 2.45) is 11.8 Å². The summed E-state index contributed by atoms with van der Waals surface area (Å²) in [6.45, 7) is 6.99. The summed E-state index contributed by atoms with van der Waals surface area (Å²) in [5.41, 5.74) is 0. The fourth-order valence-electron chi connectivity index (χ4n) is 4.36. The molecule has 0 aromatic heterocycles. The second kappa shape index (κ2) is 11.7. The summed E-state index contributed by atoms with van der Waals surface area (Å²) >= 11 is 0. The number of alkyl halides is 3. The molecule has 1 N–H and O–H groups in total. The molecule has 2 unspecified atom stereocenters. The van der Waals surface area contributed by atoms with E-state index in [1.54, 1.807) is 12.0 Å². The van der Waals surface area contributed by atoms with Crippen LogP contribution in [0, 0.1) is 11.8 Å². The van der Waals surface area contributed by atoms with Crippen molar-refractivity contribution in [3.05, 3.63) is 0 Å². The van der Waals surface area contributed by atoms with Crippen LogP contribution in [0.15, 0.2) is 0 Å². The molecule has 11 heteroatoms. The van der Waals surface area contributed by atoms with E-state index in [1.165, 1.54) is 32.4 Å². The summed E-state index contributed by atoms with van der Waals surface area (Å²) in [5, 5.41) is 7.12. The smallest absolute Gasteiger partial charge is 0.475 e. The van der Waals surface area contributed by atoms with E-state index >= 15 is 0 Å². The molecule has 0 aromatic carbocycles. The fourth-order valence-corrected chi connectivity index (χ4v) is 4.36. The van der Waals surface area contributed by atoms with Gasteiger partial charge in [-0.25, -0.2) is 4.79 Å². The van der Waals surface area contributed by atoms with E-state index in [4.69, 9.17) is 14.6 Å². The second-order valence-electron chi connectivity index (χ2n) is 8.34. The predicted octanol–water partition coefficient (Wildman–Crippen LogP) is 1.45. The molecule has 2 amide bonds. The second-order valence-corrected chi connectivity index (χ2v) is 8.34. The molecule has 0 aliphatic carbocycles. The lowest BCUT2D eigenvalue weighted by molar-refractivity contribution is -0.192. The number of halogens is 3. The zero-order valence-electron chi connectivity index (χ0n) is 17.9. The molecule has 3 heterocycles. The van der Waals surface area contributed by atoms with Crippen LogP contribution in [0.25, 0.3) is 0 Å². The van der Waals surface area contributed by atoms with Crippen LogP contribution in [0.1, 0.15) is 32.1 Å². The van der Waals surface area contributed by atoms with Gasteiger partial charge >= 0.3 is 12.1 Å². The van der Waals surface area contributed by atoms with Crippen LogP contribution in [-0.2, 0) is 19.1 Å². The minimum atomic E-state index is -5.08. The summed E-state index contributed by atoms with van der Waals surface area (Å²) in [6.07, 6.45) is 0.242. The molecule has 3 rings (SSSR count). The van der Waals surface area contributed by atoms with Crippen LogP contribution in [-0.4, -0.2) is 103 Å². The first-order chi connectivity index (χ1) is 14.6. The number of amides is 2. The Bertz CT molecular complexity index is 626. The van der Waals surface area contributed by atoms with Crippen LogP contribution in [0.3, 0.4) is 0 Å². The van der Waals surface area contributed by atoms with Gasteiger partial charge in [0.15, 0.2) is 0 Å². The maximum absolute atomic E-state index is 12.9. The van der Waals surface area contributed by atoms with Crippen LogP contribution in [0.4, 0.5) is 13.2 Å². The van der Waals surface area contributed by atoms with Crippen molar-refractivity contribution in [3.63, 3.8) is 0 Å². The van der Waals surface area contributed by atoms with Crippen LogP contribution < -0.4 is 0 Å². The third-order valence-corrected chi connectivity index (χ3v) is 5.92. The predicted molar refractivity (Wildman–Crippen MR) is 105 cm³/mol. The highest BCUT2D eigenvalue weighted by atomic mass is 19.4. The van der Waals surface area contributed by atoms with Gasteiger partial charge in [0.05, 0.1) is 12.5 Å². The topological polar surface area (TPSA) is 90.4 Å². The van der Waals surface area contributed by atoms with Crippen LogP contribution in [0.2, 0.25) is 0 Å². The summed E-state index contributed by atoms with van der Waals surface area (Å²) in [7, 11) is 1.64. The van der Waals surface area contributed by atoms with Gasteiger partial charge in [-0.15, -0.1) is 0 Å². The Balaban J connectivity index is 0.000000423. The highest BCUT2D eigenvalue weighted by Crippen LogP contribution is 2.25. The maximum atomic E-state index is 12.9. The molecule has 0 saturated carbocycles. The number of hydrogen-bond acceptors (Lipinski definition) is 5. The normalized spacial score (nSPS) is 24.8. The highest BCUT2D eigenvalue weighted by Gasteiger charge is 2.38. The van der Waals surface area contributed by atoms with Crippen molar-refractivity contribution >= 4 is 17.8 Å². The first kappa shape index (κ1) is 25.4. The van der Waals surface area contributed by atoms with Crippen LogP contribution in [0.5, 0.6) is 0 Å². The number of ether oxygens (including phenoxy) is 1. The van der Waals surface area contributed by atoms with E-state index in [1.807, 2.05) is 4.90 Å². The number of methoxy groups -OCH3 is 1. The van der Waals surface area contributed by atoms with Gasteiger partial charge in [-0.1, -0.05) is 0 Å². The van der Waals surface area contributed by atoms with Crippen molar-refractivity contribution in [1.82, 2.24) is 14.7 Å². The fraction of sp³-hybridized carbons (Fsp3) is 0.850. The Morgan fingerprint density at radius 2 is 1.77 bits per heavy atom. The van der Waals surface area contributed by atoms with E-state index in [9.17, 15) is 22.8 Å². The lowest BCUT2D eigenvalue weighted by Gasteiger charge is -2.36. The van der Waals surface area contributed by atoms with Gasteiger partial charge in [0, 0.05) is 46.3 Å². The molecular formula is C20H32F3N3O5. The molecule has 0 aromatic rings. The van der Waals surface area contributed by atoms with Crippen molar-refractivity contribution in [2.45, 2.75) is 38.3 Å². The van der Waals surface area contributed by atoms with E-state index < -0.39 is 12.1 Å². The molecule has 3 saturated heterocycles. The summed E-state index contributed by atoms with van der Waals surface area (Å²) < 4.78 is 36.8. The Hall–Kier alpha value is -1.88. The third kappa shape index (κ3) is 7.95. The molecule has 2 atom stereocenters. The third-order valence-electron chi connectivity index (χ3n) is 5.92. The number of piperidine rings is 1. The first-order valence-corrected chi connectivity index (χ1v) is 10.7. The SMILES string of the molecule is COCCN1CC(C(=O)N2CCCC(CN3CCCC3)C2)CC1=O.O=C(O)C(F)(F)F. The largest absolute Gasteiger partial charge is 0.490 e. The zero-order valence-corrected chi connectivity index (χ0v) is 17.9. The number of aliphatic carboxylic acids is 1. The number of carbonyl (C=O) groups is 3.